The van der Waals surface area contributed by atoms with Crippen molar-refractivity contribution in [3.63, 3.8) is 0 Å². The molecule has 0 aromatic rings. The first-order valence-corrected chi connectivity index (χ1v) is 13.9. The van der Waals surface area contributed by atoms with E-state index in [1.165, 1.54) is 22.9 Å². The average molecular weight is 462 g/mol. The highest BCUT2D eigenvalue weighted by atomic mass is 79.9. The van der Waals surface area contributed by atoms with Gasteiger partial charge < -0.3 is 18.6 Å². The molecule has 1 aliphatic heterocycles. The van der Waals surface area contributed by atoms with Crippen LogP contribution in [0.1, 0.15) is 53.4 Å². The standard InChI is InChI=1S/C21H37BrO4Si/c1-7-23-20-13-12-18(24-14-16-10-8-9-11-17(16)22)19(26-20)15-25-27(5,6)21(2,3)4/h12-13,18-20H,7-11,14-15H2,1-6H3/t18-,19+,20-/m0/s1. The Morgan fingerprint density at radius 3 is 2.48 bits per heavy atom. The highest BCUT2D eigenvalue weighted by Gasteiger charge is 2.39. The fraction of sp³-hybridized carbons (Fsp3) is 0.810. The summed E-state index contributed by atoms with van der Waals surface area (Å²) in [7, 11) is -1.84. The van der Waals surface area contributed by atoms with Gasteiger partial charge in [-0.05, 0) is 66.9 Å². The van der Waals surface area contributed by atoms with E-state index in [1.807, 2.05) is 13.0 Å². The first kappa shape index (κ1) is 23.3. The average Bonchev–Trinajstić information content (AvgIpc) is 2.59. The summed E-state index contributed by atoms with van der Waals surface area (Å²) in [4.78, 5) is 0. The quantitative estimate of drug-likeness (QED) is 0.331. The van der Waals surface area contributed by atoms with Crippen LogP contribution in [0, 0.1) is 0 Å². The second-order valence-electron chi connectivity index (χ2n) is 8.95. The molecule has 0 saturated carbocycles. The van der Waals surface area contributed by atoms with Crippen molar-refractivity contribution in [2.45, 2.75) is 90.0 Å². The Morgan fingerprint density at radius 2 is 1.85 bits per heavy atom. The number of hydrogen-bond acceptors (Lipinski definition) is 4. The van der Waals surface area contributed by atoms with E-state index in [-0.39, 0.29) is 23.5 Å². The molecular weight excluding hydrogens is 424 g/mol. The Bertz CT molecular complexity index is 539. The molecule has 2 aliphatic rings. The van der Waals surface area contributed by atoms with E-state index in [2.05, 4.69) is 55.9 Å². The molecule has 0 unspecified atom stereocenters. The first-order valence-electron chi connectivity index (χ1n) is 10.2. The molecule has 156 valence electrons. The molecule has 1 aliphatic carbocycles. The number of ether oxygens (including phenoxy) is 3. The molecule has 0 N–H and O–H groups in total. The number of halogens is 1. The maximum absolute atomic E-state index is 6.43. The van der Waals surface area contributed by atoms with Crippen LogP contribution in [0.4, 0.5) is 0 Å². The summed E-state index contributed by atoms with van der Waals surface area (Å²) in [6.07, 6.45) is 8.21. The van der Waals surface area contributed by atoms with Crippen molar-refractivity contribution in [3.8, 4) is 0 Å². The molecule has 0 radical (unpaired) electrons. The van der Waals surface area contributed by atoms with Crippen LogP contribution in [0.3, 0.4) is 0 Å². The maximum Gasteiger partial charge on any atom is 0.192 e. The topological polar surface area (TPSA) is 36.9 Å². The van der Waals surface area contributed by atoms with E-state index in [0.717, 1.165) is 12.8 Å². The van der Waals surface area contributed by atoms with Crippen LogP contribution < -0.4 is 0 Å². The lowest BCUT2D eigenvalue weighted by Crippen LogP contribution is -2.47. The minimum absolute atomic E-state index is 0.110. The zero-order chi connectivity index (χ0) is 20.1. The van der Waals surface area contributed by atoms with E-state index < -0.39 is 8.32 Å². The Hall–Kier alpha value is 0.0169. The molecule has 0 aromatic heterocycles. The second-order valence-corrected chi connectivity index (χ2v) is 14.7. The van der Waals surface area contributed by atoms with E-state index in [9.17, 15) is 0 Å². The molecular formula is C21H37BrO4Si. The van der Waals surface area contributed by atoms with Crippen molar-refractivity contribution in [1.82, 2.24) is 0 Å². The van der Waals surface area contributed by atoms with Gasteiger partial charge in [-0.3, -0.25) is 0 Å². The van der Waals surface area contributed by atoms with Gasteiger partial charge >= 0.3 is 0 Å². The zero-order valence-corrected chi connectivity index (χ0v) is 20.4. The van der Waals surface area contributed by atoms with Gasteiger partial charge in [0, 0.05) is 6.61 Å². The van der Waals surface area contributed by atoms with Crippen molar-refractivity contribution in [2.75, 3.05) is 19.8 Å². The van der Waals surface area contributed by atoms with Crippen LogP contribution >= 0.6 is 15.9 Å². The summed E-state index contributed by atoms with van der Waals surface area (Å²) in [5.41, 5.74) is 1.38. The molecule has 27 heavy (non-hydrogen) atoms. The first-order chi connectivity index (χ1) is 12.6. The molecule has 0 amide bonds. The third kappa shape index (κ3) is 6.79. The van der Waals surface area contributed by atoms with E-state index in [1.54, 1.807) is 0 Å². The molecule has 1 heterocycles. The monoisotopic (exact) mass is 460 g/mol. The Morgan fingerprint density at radius 1 is 1.15 bits per heavy atom. The van der Waals surface area contributed by atoms with Crippen molar-refractivity contribution in [3.05, 3.63) is 22.2 Å². The molecule has 0 aromatic carbocycles. The van der Waals surface area contributed by atoms with Gasteiger partial charge in [0.1, 0.15) is 12.2 Å². The summed E-state index contributed by atoms with van der Waals surface area (Å²) in [5.74, 6) is 0. The highest BCUT2D eigenvalue weighted by molar-refractivity contribution is 9.11. The summed E-state index contributed by atoms with van der Waals surface area (Å²) in [5, 5.41) is 0.172. The van der Waals surface area contributed by atoms with Crippen LogP contribution in [-0.2, 0) is 18.6 Å². The second kappa shape index (κ2) is 10.2. The molecule has 0 bridgehead atoms. The van der Waals surface area contributed by atoms with Crippen LogP contribution in [0.25, 0.3) is 0 Å². The number of rotatable bonds is 8. The lowest BCUT2D eigenvalue weighted by Gasteiger charge is -2.39. The lowest BCUT2D eigenvalue weighted by molar-refractivity contribution is -0.183. The molecule has 0 fully saturated rings. The SMILES string of the molecule is CCO[C@@H]1C=C[C@H](OCC2=C(Br)CCCC2)[C@@H](CO[Si](C)(C)C(C)(C)C)O1. The lowest BCUT2D eigenvalue weighted by atomic mass is 10.00. The zero-order valence-electron chi connectivity index (χ0n) is 17.8. The highest BCUT2D eigenvalue weighted by Crippen LogP contribution is 2.37. The van der Waals surface area contributed by atoms with Crippen LogP contribution in [0.5, 0.6) is 0 Å². The molecule has 0 saturated heterocycles. The Labute approximate surface area is 174 Å². The van der Waals surface area contributed by atoms with Crippen molar-refractivity contribution in [2.24, 2.45) is 0 Å². The van der Waals surface area contributed by atoms with Gasteiger partial charge in [-0.25, -0.2) is 0 Å². The summed E-state index contributed by atoms with van der Waals surface area (Å²) in [6.45, 7) is 15.1. The fourth-order valence-corrected chi connectivity index (χ4v) is 4.57. The minimum atomic E-state index is -1.84. The van der Waals surface area contributed by atoms with E-state index in [0.29, 0.717) is 19.8 Å². The minimum Gasteiger partial charge on any atom is -0.414 e. The molecule has 6 heteroatoms. The van der Waals surface area contributed by atoms with Gasteiger partial charge in [0.15, 0.2) is 14.6 Å². The van der Waals surface area contributed by atoms with Crippen molar-refractivity contribution < 1.29 is 18.6 Å². The van der Waals surface area contributed by atoms with Crippen LogP contribution in [0.15, 0.2) is 22.2 Å². The summed E-state index contributed by atoms with van der Waals surface area (Å²) >= 11 is 3.71. The number of allylic oxidation sites excluding steroid dienone is 1. The van der Waals surface area contributed by atoms with Gasteiger partial charge in [0.2, 0.25) is 0 Å². The molecule has 3 atom stereocenters. The summed E-state index contributed by atoms with van der Waals surface area (Å²) < 4.78 is 25.8. The van der Waals surface area contributed by atoms with Crippen molar-refractivity contribution in [1.29, 1.82) is 0 Å². The van der Waals surface area contributed by atoms with Gasteiger partial charge in [-0.2, -0.15) is 0 Å². The largest absolute Gasteiger partial charge is 0.414 e. The molecule has 0 spiro atoms. The van der Waals surface area contributed by atoms with Crippen LogP contribution in [0.2, 0.25) is 18.1 Å². The van der Waals surface area contributed by atoms with E-state index in [4.69, 9.17) is 18.6 Å². The summed E-state index contributed by atoms with van der Waals surface area (Å²) in [6, 6.07) is 0. The third-order valence-electron chi connectivity index (χ3n) is 5.84. The van der Waals surface area contributed by atoms with Gasteiger partial charge in [-0.15, -0.1) is 0 Å². The van der Waals surface area contributed by atoms with Gasteiger partial charge in [0.25, 0.3) is 0 Å². The Balaban J connectivity index is 2.01. The van der Waals surface area contributed by atoms with Gasteiger partial charge in [0.05, 0.1) is 13.2 Å². The van der Waals surface area contributed by atoms with Crippen LogP contribution in [-0.4, -0.2) is 46.6 Å². The molecule has 2 rings (SSSR count). The molecule has 4 nitrogen and oxygen atoms in total. The smallest absolute Gasteiger partial charge is 0.192 e. The third-order valence-corrected chi connectivity index (χ3v) is 11.3. The predicted molar refractivity (Wildman–Crippen MR) is 117 cm³/mol. The Kier molecular flexibility index (Phi) is 8.77. The van der Waals surface area contributed by atoms with E-state index >= 15 is 0 Å². The van der Waals surface area contributed by atoms with Gasteiger partial charge in [-0.1, -0.05) is 42.8 Å². The number of hydrogen-bond donors (Lipinski definition) is 0. The van der Waals surface area contributed by atoms with Crippen molar-refractivity contribution >= 4 is 24.2 Å². The fourth-order valence-electron chi connectivity index (χ4n) is 2.96. The normalized spacial score (nSPS) is 27.3. The maximum atomic E-state index is 6.43. The predicted octanol–water partition coefficient (Wildman–Crippen LogP) is 5.93.